The number of halogens is 3. The van der Waals surface area contributed by atoms with Gasteiger partial charge in [0.1, 0.15) is 5.82 Å². The molecule has 0 aliphatic rings. The van der Waals surface area contributed by atoms with E-state index >= 15 is 0 Å². The van der Waals surface area contributed by atoms with Crippen molar-refractivity contribution in [1.82, 2.24) is 19.6 Å². The SMILES string of the molecule is CCc1nn2ccccc2c1-c1cc(N)nc(Nc2ccc(C(F)(F)F)cc2)n1. The van der Waals surface area contributed by atoms with Gasteiger partial charge >= 0.3 is 6.18 Å². The van der Waals surface area contributed by atoms with E-state index in [4.69, 9.17) is 5.73 Å². The van der Waals surface area contributed by atoms with Gasteiger partial charge in [-0.15, -0.1) is 0 Å². The highest BCUT2D eigenvalue weighted by Gasteiger charge is 2.30. The summed E-state index contributed by atoms with van der Waals surface area (Å²) < 4.78 is 40.0. The van der Waals surface area contributed by atoms with Crippen LogP contribution in [-0.2, 0) is 12.6 Å². The number of aromatic nitrogens is 4. The molecule has 0 bridgehead atoms. The van der Waals surface area contributed by atoms with Crippen molar-refractivity contribution < 1.29 is 13.2 Å². The minimum atomic E-state index is -4.39. The first kappa shape index (κ1) is 18.7. The van der Waals surface area contributed by atoms with Gasteiger partial charge in [-0.05, 0) is 42.8 Å². The molecule has 0 saturated heterocycles. The van der Waals surface area contributed by atoms with Gasteiger partial charge in [0.15, 0.2) is 0 Å². The normalized spacial score (nSPS) is 11.7. The number of alkyl halides is 3. The fourth-order valence-electron chi connectivity index (χ4n) is 3.10. The minimum Gasteiger partial charge on any atom is -0.384 e. The second-order valence-corrected chi connectivity index (χ2v) is 6.41. The Morgan fingerprint density at radius 3 is 2.52 bits per heavy atom. The molecule has 0 atom stereocenters. The van der Waals surface area contributed by atoms with Gasteiger partial charge in [-0.1, -0.05) is 13.0 Å². The maximum Gasteiger partial charge on any atom is 0.416 e. The molecule has 3 heterocycles. The number of nitrogens with two attached hydrogens (primary N) is 1. The fraction of sp³-hybridized carbons (Fsp3) is 0.150. The predicted octanol–water partition coefficient (Wildman–Crippen LogP) is 4.70. The summed E-state index contributed by atoms with van der Waals surface area (Å²) in [4.78, 5) is 8.68. The Morgan fingerprint density at radius 1 is 1.07 bits per heavy atom. The zero-order valence-corrected chi connectivity index (χ0v) is 15.4. The molecular weight excluding hydrogens is 381 g/mol. The summed E-state index contributed by atoms with van der Waals surface area (Å²) >= 11 is 0. The van der Waals surface area contributed by atoms with E-state index in [1.807, 2.05) is 31.3 Å². The van der Waals surface area contributed by atoms with Crippen molar-refractivity contribution in [3.05, 3.63) is 66.0 Å². The number of nitrogen functional groups attached to an aromatic ring is 1. The molecule has 0 saturated carbocycles. The van der Waals surface area contributed by atoms with Gasteiger partial charge in [0, 0.05) is 23.5 Å². The van der Waals surface area contributed by atoms with Crippen molar-refractivity contribution in [3.8, 4) is 11.3 Å². The Labute approximate surface area is 164 Å². The number of anilines is 3. The average molecular weight is 398 g/mol. The first-order chi connectivity index (χ1) is 13.8. The van der Waals surface area contributed by atoms with E-state index in [2.05, 4.69) is 20.4 Å². The molecule has 1 aromatic carbocycles. The van der Waals surface area contributed by atoms with E-state index in [-0.39, 0.29) is 11.8 Å². The number of benzene rings is 1. The summed E-state index contributed by atoms with van der Waals surface area (Å²) in [6.07, 6.45) is -1.84. The number of nitrogens with zero attached hydrogens (tertiary/aromatic N) is 4. The molecule has 0 unspecified atom stereocenters. The van der Waals surface area contributed by atoms with E-state index in [0.717, 1.165) is 28.9 Å². The molecule has 0 fully saturated rings. The van der Waals surface area contributed by atoms with Crippen molar-refractivity contribution in [1.29, 1.82) is 0 Å². The van der Waals surface area contributed by atoms with E-state index in [0.29, 0.717) is 17.8 Å². The number of aryl methyl sites for hydroxylation is 1. The third-order valence-electron chi connectivity index (χ3n) is 4.42. The van der Waals surface area contributed by atoms with Crippen molar-refractivity contribution in [2.75, 3.05) is 11.1 Å². The van der Waals surface area contributed by atoms with Gasteiger partial charge in [-0.25, -0.2) is 9.50 Å². The highest BCUT2D eigenvalue weighted by molar-refractivity contribution is 5.82. The molecule has 29 heavy (non-hydrogen) atoms. The van der Waals surface area contributed by atoms with Crippen LogP contribution in [0, 0.1) is 0 Å². The first-order valence-electron chi connectivity index (χ1n) is 8.90. The highest BCUT2D eigenvalue weighted by atomic mass is 19.4. The lowest BCUT2D eigenvalue weighted by molar-refractivity contribution is -0.137. The number of hydrogen-bond donors (Lipinski definition) is 2. The lowest BCUT2D eigenvalue weighted by atomic mass is 10.1. The molecule has 4 rings (SSSR count). The highest BCUT2D eigenvalue weighted by Crippen LogP contribution is 2.31. The average Bonchev–Trinajstić information content (AvgIpc) is 3.06. The summed E-state index contributed by atoms with van der Waals surface area (Å²) in [5.74, 6) is 0.429. The Morgan fingerprint density at radius 2 is 1.83 bits per heavy atom. The third-order valence-corrected chi connectivity index (χ3v) is 4.42. The predicted molar refractivity (Wildman–Crippen MR) is 105 cm³/mol. The molecule has 3 N–H and O–H groups in total. The van der Waals surface area contributed by atoms with Gasteiger partial charge in [0.25, 0.3) is 0 Å². The lowest BCUT2D eigenvalue weighted by Crippen LogP contribution is -2.05. The molecule has 0 aliphatic heterocycles. The van der Waals surface area contributed by atoms with Crippen LogP contribution in [0.3, 0.4) is 0 Å². The molecule has 0 aliphatic carbocycles. The summed E-state index contributed by atoms with van der Waals surface area (Å²) in [7, 11) is 0. The van der Waals surface area contributed by atoms with Crippen LogP contribution in [0.15, 0.2) is 54.7 Å². The number of rotatable bonds is 4. The Bertz CT molecular complexity index is 1170. The molecule has 6 nitrogen and oxygen atoms in total. The third kappa shape index (κ3) is 3.71. The number of nitrogens with one attached hydrogen (secondary N) is 1. The number of pyridine rings is 1. The van der Waals surface area contributed by atoms with E-state index < -0.39 is 11.7 Å². The number of hydrogen-bond acceptors (Lipinski definition) is 5. The number of fused-ring (bicyclic) bond motifs is 1. The van der Waals surface area contributed by atoms with Crippen molar-refractivity contribution in [2.24, 2.45) is 0 Å². The minimum absolute atomic E-state index is 0.192. The maximum absolute atomic E-state index is 12.7. The Hall–Kier alpha value is -3.62. The van der Waals surface area contributed by atoms with Crippen LogP contribution in [0.2, 0.25) is 0 Å². The van der Waals surface area contributed by atoms with Gasteiger partial charge < -0.3 is 11.1 Å². The summed E-state index contributed by atoms with van der Waals surface area (Å²) in [5, 5.41) is 7.49. The van der Waals surface area contributed by atoms with Crippen LogP contribution in [0.4, 0.5) is 30.6 Å². The molecule has 0 radical (unpaired) electrons. The van der Waals surface area contributed by atoms with Crippen molar-refractivity contribution in [2.45, 2.75) is 19.5 Å². The van der Waals surface area contributed by atoms with E-state index in [9.17, 15) is 13.2 Å². The van der Waals surface area contributed by atoms with E-state index in [1.165, 1.54) is 12.1 Å². The van der Waals surface area contributed by atoms with Crippen LogP contribution in [0.5, 0.6) is 0 Å². The second-order valence-electron chi connectivity index (χ2n) is 6.41. The second kappa shape index (κ2) is 7.08. The van der Waals surface area contributed by atoms with Crippen LogP contribution < -0.4 is 11.1 Å². The fourth-order valence-corrected chi connectivity index (χ4v) is 3.10. The van der Waals surface area contributed by atoms with Crippen LogP contribution in [0.1, 0.15) is 18.2 Å². The topological polar surface area (TPSA) is 81.1 Å². The maximum atomic E-state index is 12.7. The summed E-state index contributed by atoms with van der Waals surface area (Å²) in [6, 6.07) is 12.0. The van der Waals surface area contributed by atoms with Crippen LogP contribution >= 0.6 is 0 Å². The zero-order valence-electron chi connectivity index (χ0n) is 15.4. The van der Waals surface area contributed by atoms with Gasteiger partial charge in [0.05, 0.1) is 22.5 Å². The molecular formula is C20H17F3N6. The molecule has 9 heteroatoms. The smallest absolute Gasteiger partial charge is 0.384 e. The van der Waals surface area contributed by atoms with Crippen molar-refractivity contribution in [3.63, 3.8) is 0 Å². The molecule has 0 amide bonds. The molecule has 0 spiro atoms. The molecule has 3 aromatic heterocycles. The monoisotopic (exact) mass is 398 g/mol. The summed E-state index contributed by atoms with van der Waals surface area (Å²) in [5.41, 5.74) is 8.83. The Balaban J connectivity index is 1.72. The van der Waals surface area contributed by atoms with Crippen molar-refractivity contribution >= 4 is 23.0 Å². The standard InChI is InChI=1S/C20H17F3N6/c1-2-14-18(16-5-3-4-10-29(16)28-14)15-11-17(24)27-19(26-15)25-13-8-6-12(7-9-13)20(21,22)23/h3-11H,2H2,1H3,(H3,24,25,26,27). The van der Waals surface area contributed by atoms with Crippen LogP contribution in [-0.4, -0.2) is 19.6 Å². The van der Waals surface area contributed by atoms with Gasteiger partial charge in [-0.3, -0.25) is 0 Å². The molecule has 148 valence electrons. The lowest BCUT2D eigenvalue weighted by Gasteiger charge is -2.10. The summed E-state index contributed by atoms with van der Waals surface area (Å²) in [6.45, 7) is 2.00. The largest absolute Gasteiger partial charge is 0.416 e. The van der Waals surface area contributed by atoms with Crippen LogP contribution in [0.25, 0.3) is 16.8 Å². The Kier molecular flexibility index (Phi) is 4.57. The first-order valence-corrected chi connectivity index (χ1v) is 8.90. The quantitative estimate of drug-likeness (QED) is 0.521. The van der Waals surface area contributed by atoms with E-state index in [1.54, 1.807) is 10.6 Å². The van der Waals surface area contributed by atoms with Gasteiger partial charge in [0.2, 0.25) is 5.95 Å². The molecule has 4 aromatic rings. The zero-order chi connectivity index (χ0) is 20.6. The van der Waals surface area contributed by atoms with Gasteiger partial charge in [-0.2, -0.15) is 23.3 Å².